The normalized spacial score (nSPS) is 10.7. The lowest BCUT2D eigenvalue weighted by molar-refractivity contribution is -0.402. The Kier molecular flexibility index (Phi) is 5.85. The summed E-state index contributed by atoms with van der Waals surface area (Å²) in [5.74, 6) is 1.01. The third kappa shape index (κ3) is 6.31. The lowest BCUT2D eigenvalue weighted by Gasteiger charge is -2.23. The zero-order valence-corrected chi connectivity index (χ0v) is 9.54. The van der Waals surface area contributed by atoms with Crippen LogP contribution in [0.5, 0.6) is 0 Å². The Morgan fingerprint density at radius 3 is 2.00 bits per heavy atom. The molecule has 0 unspecified atom stereocenters. The molecule has 0 aromatic carbocycles. The Morgan fingerprint density at radius 1 is 1.07 bits per heavy atom. The van der Waals surface area contributed by atoms with E-state index in [0.29, 0.717) is 0 Å². The first-order chi connectivity index (χ1) is 6.95. The smallest absolute Gasteiger partial charge is 0.234 e. The maximum atomic E-state index is 9.97. The van der Waals surface area contributed by atoms with E-state index in [9.17, 15) is 10.1 Å². The van der Waals surface area contributed by atoms with Crippen LogP contribution >= 0.6 is 0 Å². The first-order valence-electron chi connectivity index (χ1n) is 4.48. The van der Waals surface area contributed by atoms with Crippen molar-refractivity contribution < 1.29 is 4.92 Å². The summed E-state index contributed by atoms with van der Waals surface area (Å²) >= 11 is 0. The van der Waals surface area contributed by atoms with Crippen LogP contribution in [0, 0.1) is 10.1 Å². The molecule has 0 aliphatic heterocycles. The van der Waals surface area contributed by atoms with E-state index >= 15 is 0 Å². The molecule has 5 heteroatoms. The van der Waals surface area contributed by atoms with Crippen molar-refractivity contribution in [1.82, 2.24) is 9.80 Å². The molecule has 0 aromatic rings. The number of allylic oxidation sites excluding steroid dienone is 4. The molecule has 0 heterocycles. The minimum Gasteiger partial charge on any atom is -0.364 e. The van der Waals surface area contributed by atoms with Gasteiger partial charge in [0.25, 0.3) is 0 Å². The SMILES string of the molecule is CN(C)C(=CC=CC=C[N+](=O)[O-])N(C)C. The van der Waals surface area contributed by atoms with E-state index < -0.39 is 4.92 Å². The molecule has 0 fully saturated rings. The first-order valence-corrected chi connectivity index (χ1v) is 4.48. The van der Waals surface area contributed by atoms with E-state index in [-0.39, 0.29) is 0 Å². The number of hydrogen-bond acceptors (Lipinski definition) is 4. The summed E-state index contributed by atoms with van der Waals surface area (Å²) in [5, 5.41) is 9.97. The molecular weight excluding hydrogens is 194 g/mol. The van der Waals surface area contributed by atoms with Crippen molar-refractivity contribution in [2.45, 2.75) is 0 Å². The molecular formula is C10H17N3O2. The standard InChI is InChI=1S/C10H17N3O2/c1-11(2)10(12(3)4)8-6-5-7-9-13(14)15/h5-9H,1-4H3. The van der Waals surface area contributed by atoms with Crippen LogP contribution in [0.15, 0.2) is 36.3 Å². The van der Waals surface area contributed by atoms with Gasteiger partial charge in [-0.05, 0) is 6.08 Å². The molecule has 0 saturated carbocycles. The minimum absolute atomic E-state index is 0.493. The van der Waals surface area contributed by atoms with Gasteiger partial charge in [-0.2, -0.15) is 0 Å². The van der Waals surface area contributed by atoms with E-state index in [1.165, 1.54) is 6.08 Å². The fourth-order valence-electron chi connectivity index (χ4n) is 1.02. The summed E-state index contributed by atoms with van der Waals surface area (Å²) in [4.78, 5) is 13.4. The van der Waals surface area contributed by atoms with Crippen molar-refractivity contribution in [3.05, 3.63) is 46.4 Å². The van der Waals surface area contributed by atoms with Gasteiger partial charge in [-0.1, -0.05) is 12.2 Å². The highest BCUT2D eigenvalue weighted by atomic mass is 16.6. The van der Waals surface area contributed by atoms with Crippen LogP contribution in [0.25, 0.3) is 0 Å². The van der Waals surface area contributed by atoms with Gasteiger partial charge in [0.15, 0.2) is 0 Å². The van der Waals surface area contributed by atoms with Crippen LogP contribution in [-0.2, 0) is 0 Å². The summed E-state index contributed by atoms with van der Waals surface area (Å²) < 4.78 is 0. The summed E-state index contributed by atoms with van der Waals surface area (Å²) in [5.41, 5.74) is 0. The highest BCUT2D eigenvalue weighted by molar-refractivity contribution is 5.14. The molecule has 0 bridgehead atoms. The fraction of sp³-hybridized carbons (Fsp3) is 0.400. The van der Waals surface area contributed by atoms with Crippen molar-refractivity contribution in [2.24, 2.45) is 0 Å². The van der Waals surface area contributed by atoms with Crippen molar-refractivity contribution in [1.29, 1.82) is 0 Å². The van der Waals surface area contributed by atoms with Gasteiger partial charge in [0.1, 0.15) is 5.82 Å². The predicted octanol–water partition coefficient (Wildman–Crippen LogP) is 1.30. The number of rotatable bonds is 5. The molecule has 0 radical (unpaired) electrons. The Balaban J connectivity index is 4.40. The molecule has 0 spiro atoms. The molecule has 0 atom stereocenters. The second-order valence-electron chi connectivity index (χ2n) is 3.33. The van der Waals surface area contributed by atoms with Gasteiger partial charge >= 0.3 is 0 Å². The quantitative estimate of drug-likeness (QED) is 0.390. The van der Waals surface area contributed by atoms with Crippen LogP contribution in [0.3, 0.4) is 0 Å². The first kappa shape index (κ1) is 13.2. The van der Waals surface area contributed by atoms with Crippen LogP contribution in [0.4, 0.5) is 0 Å². The Labute approximate surface area is 90.1 Å². The molecule has 0 amide bonds. The van der Waals surface area contributed by atoms with Crippen molar-refractivity contribution in [3.63, 3.8) is 0 Å². The summed E-state index contributed by atoms with van der Waals surface area (Å²) in [6, 6.07) is 0. The van der Waals surface area contributed by atoms with Crippen LogP contribution < -0.4 is 0 Å². The van der Waals surface area contributed by atoms with Gasteiger partial charge in [-0.15, -0.1) is 0 Å². The van der Waals surface area contributed by atoms with Gasteiger partial charge in [0, 0.05) is 34.3 Å². The third-order valence-electron chi connectivity index (χ3n) is 1.59. The van der Waals surface area contributed by atoms with Crippen LogP contribution in [0.2, 0.25) is 0 Å². The minimum atomic E-state index is -0.493. The topological polar surface area (TPSA) is 49.6 Å². The van der Waals surface area contributed by atoms with Crippen LogP contribution in [-0.4, -0.2) is 42.9 Å². The largest absolute Gasteiger partial charge is 0.364 e. The van der Waals surface area contributed by atoms with Gasteiger partial charge in [-0.25, -0.2) is 0 Å². The number of nitro groups is 1. The molecule has 0 aliphatic rings. The maximum Gasteiger partial charge on any atom is 0.234 e. The van der Waals surface area contributed by atoms with E-state index in [0.717, 1.165) is 12.0 Å². The fourth-order valence-corrected chi connectivity index (χ4v) is 1.02. The Morgan fingerprint density at radius 2 is 1.60 bits per heavy atom. The van der Waals surface area contributed by atoms with Gasteiger partial charge < -0.3 is 9.80 Å². The second kappa shape index (κ2) is 6.64. The molecule has 84 valence electrons. The molecule has 0 rings (SSSR count). The summed E-state index contributed by atoms with van der Waals surface area (Å²) in [6.07, 6.45) is 7.55. The molecule has 15 heavy (non-hydrogen) atoms. The highest BCUT2D eigenvalue weighted by Gasteiger charge is 1.98. The molecule has 0 aliphatic carbocycles. The Bertz CT molecular complexity index is 281. The lowest BCUT2D eigenvalue weighted by Crippen LogP contribution is -2.24. The zero-order valence-electron chi connectivity index (χ0n) is 9.54. The molecule has 5 nitrogen and oxygen atoms in total. The van der Waals surface area contributed by atoms with Crippen LogP contribution in [0.1, 0.15) is 0 Å². The van der Waals surface area contributed by atoms with E-state index in [1.807, 2.05) is 44.1 Å². The molecule has 0 saturated heterocycles. The number of nitrogens with zero attached hydrogens (tertiary/aromatic N) is 3. The highest BCUT2D eigenvalue weighted by Crippen LogP contribution is 2.01. The number of hydrogen-bond donors (Lipinski definition) is 0. The monoisotopic (exact) mass is 211 g/mol. The average molecular weight is 211 g/mol. The zero-order chi connectivity index (χ0) is 11.8. The van der Waals surface area contributed by atoms with E-state index in [1.54, 1.807) is 12.2 Å². The van der Waals surface area contributed by atoms with E-state index in [2.05, 4.69) is 0 Å². The molecule has 0 N–H and O–H groups in total. The average Bonchev–Trinajstić information content (AvgIpc) is 2.08. The van der Waals surface area contributed by atoms with Gasteiger partial charge in [0.05, 0.1) is 4.92 Å². The second-order valence-corrected chi connectivity index (χ2v) is 3.33. The van der Waals surface area contributed by atoms with Gasteiger partial charge in [0.2, 0.25) is 6.20 Å². The van der Waals surface area contributed by atoms with Crippen molar-refractivity contribution in [3.8, 4) is 0 Å². The lowest BCUT2D eigenvalue weighted by atomic mass is 10.4. The summed E-state index contributed by atoms with van der Waals surface area (Å²) in [7, 11) is 7.75. The maximum absolute atomic E-state index is 9.97. The van der Waals surface area contributed by atoms with Crippen molar-refractivity contribution in [2.75, 3.05) is 28.2 Å². The van der Waals surface area contributed by atoms with Crippen molar-refractivity contribution >= 4 is 0 Å². The Hall–Kier alpha value is -1.78. The van der Waals surface area contributed by atoms with E-state index in [4.69, 9.17) is 0 Å². The van der Waals surface area contributed by atoms with Gasteiger partial charge in [-0.3, -0.25) is 10.1 Å². The molecule has 0 aromatic heterocycles. The third-order valence-corrected chi connectivity index (χ3v) is 1.59. The summed E-state index contributed by atoms with van der Waals surface area (Å²) in [6.45, 7) is 0. The predicted molar refractivity (Wildman–Crippen MR) is 60.7 cm³/mol.